The number of hydrogen-bond acceptors (Lipinski definition) is 4. The van der Waals surface area contributed by atoms with Gasteiger partial charge >= 0.3 is 6.09 Å². The van der Waals surface area contributed by atoms with Gasteiger partial charge in [0, 0.05) is 0 Å². The Balaban J connectivity index is 2.67. The lowest BCUT2D eigenvalue weighted by atomic mass is 10.1. The lowest BCUT2D eigenvalue weighted by Gasteiger charge is -2.29. The van der Waals surface area contributed by atoms with Crippen molar-refractivity contribution in [3.05, 3.63) is 0 Å². The van der Waals surface area contributed by atoms with Crippen LogP contribution in [0.4, 0.5) is 4.79 Å². The topological polar surface area (TPSA) is 70.0 Å². The fourth-order valence-electron chi connectivity index (χ4n) is 1.83. The van der Waals surface area contributed by atoms with Crippen LogP contribution in [-0.4, -0.2) is 51.6 Å². The molecule has 1 rings (SSSR count). The Kier molecular flexibility index (Phi) is 3.80. The highest BCUT2D eigenvalue weighted by atomic mass is 16.6. The summed E-state index contributed by atoms with van der Waals surface area (Å²) in [5.41, 5.74) is -0.562. The molecule has 5 nitrogen and oxygen atoms in total. The van der Waals surface area contributed by atoms with E-state index in [1.165, 1.54) is 4.90 Å². The van der Waals surface area contributed by atoms with Crippen LogP contribution in [0.25, 0.3) is 0 Å². The number of aliphatic hydroxyl groups is 2. The zero-order valence-electron chi connectivity index (χ0n) is 10.3. The fourth-order valence-corrected chi connectivity index (χ4v) is 1.83. The minimum atomic E-state index is -0.662. The van der Waals surface area contributed by atoms with Crippen LogP contribution in [0.1, 0.15) is 34.1 Å². The summed E-state index contributed by atoms with van der Waals surface area (Å²) < 4.78 is 5.22. The standard InChI is InChI=1S/C11H21NO4/c1-7(13)9-5-8(14)6-12(9)10(15)16-11(2,3)4/h7-9,13-14H,5-6H2,1-4H3. The van der Waals surface area contributed by atoms with E-state index < -0.39 is 23.9 Å². The van der Waals surface area contributed by atoms with Crippen LogP contribution in [-0.2, 0) is 4.74 Å². The lowest BCUT2D eigenvalue weighted by Crippen LogP contribution is -2.44. The molecule has 1 aliphatic heterocycles. The predicted molar refractivity (Wildman–Crippen MR) is 59.0 cm³/mol. The molecule has 16 heavy (non-hydrogen) atoms. The van der Waals surface area contributed by atoms with Crippen LogP contribution in [0.15, 0.2) is 0 Å². The molecule has 5 heteroatoms. The zero-order valence-corrected chi connectivity index (χ0v) is 10.3. The van der Waals surface area contributed by atoms with Gasteiger partial charge in [0.05, 0.1) is 24.8 Å². The summed E-state index contributed by atoms with van der Waals surface area (Å²) in [5, 5.41) is 19.0. The van der Waals surface area contributed by atoms with E-state index >= 15 is 0 Å². The average Bonchev–Trinajstić information content (AvgIpc) is 2.44. The fraction of sp³-hybridized carbons (Fsp3) is 0.909. The Hall–Kier alpha value is -0.810. The second-order valence-electron chi connectivity index (χ2n) is 5.33. The molecule has 94 valence electrons. The maximum atomic E-state index is 11.8. The zero-order chi connectivity index (χ0) is 12.5. The van der Waals surface area contributed by atoms with Crippen LogP contribution in [0, 0.1) is 0 Å². The van der Waals surface area contributed by atoms with E-state index in [0.29, 0.717) is 6.42 Å². The molecule has 0 aliphatic carbocycles. The summed E-state index contributed by atoms with van der Waals surface area (Å²) in [6.45, 7) is 7.20. The second kappa shape index (κ2) is 4.59. The van der Waals surface area contributed by atoms with Crippen molar-refractivity contribution in [1.82, 2.24) is 4.90 Å². The Bertz CT molecular complexity index is 259. The first-order valence-corrected chi connectivity index (χ1v) is 5.56. The van der Waals surface area contributed by atoms with Crippen LogP contribution < -0.4 is 0 Å². The van der Waals surface area contributed by atoms with Gasteiger partial charge in [-0.05, 0) is 34.1 Å². The summed E-state index contributed by atoms with van der Waals surface area (Å²) in [4.78, 5) is 13.2. The number of carbonyl (C=O) groups is 1. The van der Waals surface area contributed by atoms with Gasteiger partial charge in [0.1, 0.15) is 5.60 Å². The maximum absolute atomic E-state index is 11.8. The van der Waals surface area contributed by atoms with E-state index in [-0.39, 0.29) is 12.6 Å². The molecular weight excluding hydrogens is 210 g/mol. The number of likely N-dealkylation sites (tertiary alicyclic amines) is 1. The van der Waals surface area contributed by atoms with Crippen LogP contribution in [0.3, 0.4) is 0 Å². The van der Waals surface area contributed by atoms with Crippen molar-refractivity contribution in [3.63, 3.8) is 0 Å². The smallest absolute Gasteiger partial charge is 0.410 e. The third kappa shape index (κ3) is 3.35. The van der Waals surface area contributed by atoms with Gasteiger partial charge in [0.25, 0.3) is 0 Å². The van der Waals surface area contributed by atoms with Crippen molar-refractivity contribution in [2.24, 2.45) is 0 Å². The Morgan fingerprint density at radius 2 is 2.06 bits per heavy atom. The highest BCUT2D eigenvalue weighted by molar-refractivity contribution is 5.69. The molecule has 3 unspecified atom stereocenters. The molecule has 1 fully saturated rings. The van der Waals surface area contributed by atoms with Gasteiger partial charge in [-0.25, -0.2) is 4.79 Å². The normalized spacial score (nSPS) is 28.0. The summed E-state index contributed by atoms with van der Waals surface area (Å²) in [5.74, 6) is 0. The molecule has 3 atom stereocenters. The van der Waals surface area contributed by atoms with E-state index in [0.717, 1.165) is 0 Å². The van der Waals surface area contributed by atoms with E-state index in [1.807, 2.05) is 0 Å². The SMILES string of the molecule is CC(O)C1CC(O)CN1C(=O)OC(C)(C)C. The number of hydrogen-bond donors (Lipinski definition) is 2. The molecule has 1 heterocycles. The Morgan fingerprint density at radius 3 is 2.50 bits per heavy atom. The Morgan fingerprint density at radius 1 is 1.50 bits per heavy atom. The molecule has 0 aromatic heterocycles. The van der Waals surface area contributed by atoms with Crippen LogP contribution >= 0.6 is 0 Å². The highest BCUT2D eigenvalue weighted by Gasteiger charge is 2.38. The molecule has 1 saturated heterocycles. The molecule has 0 bridgehead atoms. The van der Waals surface area contributed by atoms with E-state index in [9.17, 15) is 15.0 Å². The average molecular weight is 231 g/mol. The van der Waals surface area contributed by atoms with E-state index in [4.69, 9.17) is 4.74 Å². The van der Waals surface area contributed by atoms with Gasteiger partial charge < -0.3 is 14.9 Å². The van der Waals surface area contributed by atoms with Gasteiger partial charge in [-0.3, -0.25) is 4.90 Å². The summed E-state index contributed by atoms with van der Waals surface area (Å²) in [6, 6.07) is -0.357. The van der Waals surface area contributed by atoms with Gasteiger partial charge in [-0.15, -0.1) is 0 Å². The van der Waals surface area contributed by atoms with E-state index in [1.54, 1.807) is 27.7 Å². The quantitative estimate of drug-likeness (QED) is 0.698. The summed E-state index contributed by atoms with van der Waals surface area (Å²) in [7, 11) is 0. The molecule has 1 amide bonds. The van der Waals surface area contributed by atoms with Gasteiger partial charge in [0.15, 0.2) is 0 Å². The first-order valence-electron chi connectivity index (χ1n) is 5.56. The van der Waals surface area contributed by atoms with Crippen molar-refractivity contribution < 1.29 is 19.7 Å². The summed E-state index contributed by atoms with van der Waals surface area (Å²) in [6.07, 6.45) is -1.32. The first kappa shape index (κ1) is 13.3. The molecule has 0 saturated carbocycles. The monoisotopic (exact) mass is 231 g/mol. The minimum Gasteiger partial charge on any atom is -0.444 e. The van der Waals surface area contributed by atoms with Crippen molar-refractivity contribution >= 4 is 6.09 Å². The van der Waals surface area contributed by atoms with Crippen LogP contribution in [0.5, 0.6) is 0 Å². The largest absolute Gasteiger partial charge is 0.444 e. The minimum absolute atomic E-state index is 0.227. The van der Waals surface area contributed by atoms with Crippen molar-refractivity contribution in [2.75, 3.05) is 6.54 Å². The summed E-state index contributed by atoms with van der Waals surface area (Å²) >= 11 is 0. The highest BCUT2D eigenvalue weighted by Crippen LogP contribution is 2.23. The van der Waals surface area contributed by atoms with Crippen LogP contribution in [0.2, 0.25) is 0 Å². The number of aliphatic hydroxyl groups excluding tert-OH is 2. The van der Waals surface area contributed by atoms with Crippen molar-refractivity contribution in [1.29, 1.82) is 0 Å². The lowest BCUT2D eigenvalue weighted by molar-refractivity contribution is 0.00734. The van der Waals surface area contributed by atoms with Gasteiger partial charge in [-0.2, -0.15) is 0 Å². The first-order chi connectivity index (χ1) is 7.20. The molecule has 0 spiro atoms. The van der Waals surface area contributed by atoms with Crippen molar-refractivity contribution in [3.8, 4) is 0 Å². The third-order valence-electron chi connectivity index (χ3n) is 2.51. The number of amides is 1. The second-order valence-corrected chi connectivity index (χ2v) is 5.33. The predicted octanol–water partition coefficient (Wildman–Crippen LogP) is 0.737. The number of ether oxygens (including phenoxy) is 1. The Labute approximate surface area is 96.0 Å². The molecule has 0 aromatic carbocycles. The van der Waals surface area contributed by atoms with Gasteiger partial charge in [0.2, 0.25) is 0 Å². The molecule has 1 aliphatic rings. The number of nitrogens with zero attached hydrogens (tertiary/aromatic N) is 1. The third-order valence-corrected chi connectivity index (χ3v) is 2.51. The molecule has 2 N–H and O–H groups in total. The maximum Gasteiger partial charge on any atom is 0.410 e. The van der Waals surface area contributed by atoms with Gasteiger partial charge in [-0.1, -0.05) is 0 Å². The molecular formula is C11H21NO4. The number of β-amino-alcohol motifs (C(OH)–C–C–N with tert-alkyl or cyclic N) is 1. The van der Waals surface area contributed by atoms with Crippen molar-refractivity contribution in [2.45, 2.75) is 58.0 Å². The number of rotatable bonds is 1. The van der Waals surface area contributed by atoms with E-state index in [2.05, 4.69) is 0 Å². The molecule has 0 radical (unpaired) electrons. The number of carbonyl (C=O) groups excluding carboxylic acids is 1. The molecule has 0 aromatic rings.